The van der Waals surface area contributed by atoms with Gasteiger partial charge in [0.1, 0.15) is 0 Å². The first kappa shape index (κ1) is 28.0. The summed E-state index contributed by atoms with van der Waals surface area (Å²) in [5.41, 5.74) is 3.24. The van der Waals surface area contributed by atoms with Gasteiger partial charge in [-0.3, -0.25) is 0 Å². The number of rotatable bonds is 11. The van der Waals surface area contributed by atoms with E-state index in [2.05, 4.69) is 25.6 Å². The van der Waals surface area contributed by atoms with E-state index < -0.39 is 12.2 Å². The van der Waals surface area contributed by atoms with Crippen molar-refractivity contribution in [3.05, 3.63) is 83.4 Å². The zero-order valence-electron chi connectivity index (χ0n) is 22.9. The van der Waals surface area contributed by atoms with Gasteiger partial charge in [-0.05, 0) is 111 Å². The average molecular weight is 509 g/mol. The van der Waals surface area contributed by atoms with E-state index >= 15 is 8.78 Å². The van der Waals surface area contributed by atoms with Crippen molar-refractivity contribution in [2.75, 3.05) is 0 Å². The van der Waals surface area contributed by atoms with Crippen molar-refractivity contribution >= 4 is 0 Å². The van der Waals surface area contributed by atoms with Crippen LogP contribution in [0.2, 0.25) is 0 Å². The molecular weight excluding hydrogens is 462 g/mol. The predicted octanol–water partition coefficient (Wildman–Crippen LogP) is 10.8. The van der Waals surface area contributed by atoms with Gasteiger partial charge >= 0.3 is 6.11 Å². The number of allylic oxidation sites excluding steroid dienone is 1. The topological polar surface area (TPSA) is 9.23 Å². The molecule has 1 unspecified atom stereocenters. The Bertz CT molecular complexity index is 948. The monoisotopic (exact) mass is 508 g/mol. The van der Waals surface area contributed by atoms with Crippen LogP contribution < -0.4 is 0 Å². The fraction of sp³-hybridized carbons (Fsp3) is 0.588. The van der Waals surface area contributed by atoms with Gasteiger partial charge in [0, 0.05) is 0 Å². The molecule has 0 heterocycles. The van der Waals surface area contributed by atoms with Crippen LogP contribution in [0.3, 0.4) is 0 Å². The van der Waals surface area contributed by atoms with Crippen LogP contribution in [0, 0.1) is 11.8 Å². The van der Waals surface area contributed by atoms with Gasteiger partial charge in [0.25, 0.3) is 0 Å². The Hall–Kier alpha value is -2.00. The van der Waals surface area contributed by atoms with E-state index in [1.807, 2.05) is 30.3 Å². The number of hydrogen-bond acceptors (Lipinski definition) is 1. The van der Waals surface area contributed by atoms with Crippen LogP contribution in [0.15, 0.2) is 61.2 Å². The van der Waals surface area contributed by atoms with E-state index in [1.54, 1.807) is 19.1 Å². The molecule has 0 spiro atoms. The maximum absolute atomic E-state index is 15.1. The third-order valence-electron chi connectivity index (χ3n) is 9.09. The molecule has 0 saturated heterocycles. The van der Waals surface area contributed by atoms with Crippen LogP contribution in [0.5, 0.6) is 0 Å². The Morgan fingerprint density at radius 1 is 0.811 bits per heavy atom. The Balaban J connectivity index is 1.30. The molecule has 0 N–H and O–H groups in total. The molecule has 1 atom stereocenters. The minimum atomic E-state index is -3.32. The molecule has 4 rings (SSSR count). The van der Waals surface area contributed by atoms with Crippen LogP contribution in [0.4, 0.5) is 8.78 Å². The number of halogens is 2. The minimum Gasteiger partial charge on any atom is -0.309 e. The van der Waals surface area contributed by atoms with Gasteiger partial charge in [0.2, 0.25) is 0 Å². The molecule has 2 saturated carbocycles. The van der Waals surface area contributed by atoms with Gasteiger partial charge in [-0.15, -0.1) is 6.58 Å². The highest BCUT2D eigenvalue weighted by Crippen LogP contribution is 2.41. The molecule has 3 heteroatoms. The van der Waals surface area contributed by atoms with Crippen LogP contribution in [-0.4, -0.2) is 0 Å². The molecule has 0 bridgehead atoms. The molecule has 2 aromatic carbocycles. The number of ether oxygens (including phenoxy) is 1. The summed E-state index contributed by atoms with van der Waals surface area (Å²) in [6.45, 7) is 7.82. The highest BCUT2D eigenvalue weighted by atomic mass is 19.3. The second-order valence-corrected chi connectivity index (χ2v) is 11.7. The second kappa shape index (κ2) is 13.2. The summed E-state index contributed by atoms with van der Waals surface area (Å²) >= 11 is 0. The standard InChI is InChI=1S/C34H46F2O/c1-4-6-8-27-11-15-30(16-12-27)32-21-23-33(24-22-32)34(35,36)37-25(3)28-17-19-31(20-18-28)29-13-9-26(7-5-2)10-14-29/h4,17-27,29-30H,1,5-16H2,2-3H3. The third-order valence-corrected chi connectivity index (χ3v) is 9.09. The molecule has 37 heavy (non-hydrogen) atoms. The first-order valence-electron chi connectivity index (χ1n) is 14.8. The van der Waals surface area contributed by atoms with Crippen molar-refractivity contribution in [2.24, 2.45) is 11.8 Å². The van der Waals surface area contributed by atoms with Crippen molar-refractivity contribution in [1.82, 2.24) is 0 Å². The van der Waals surface area contributed by atoms with E-state index in [1.165, 1.54) is 68.9 Å². The average Bonchev–Trinajstić information content (AvgIpc) is 2.93. The zero-order chi connectivity index (χ0) is 26.3. The first-order valence-corrected chi connectivity index (χ1v) is 14.8. The van der Waals surface area contributed by atoms with E-state index in [9.17, 15) is 0 Å². The molecule has 1 nitrogen and oxygen atoms in total. The maximum atomic E-state index is 15.1. The first-order chi connectivity index (χ1) is 17.9. The number of hydrogen-bond donors (Lipinski definition) is 0. The predicted molar refractivity (Wildman–Crippen MR) is 150 cm³/mol. The second-order valence-electron chi connectivity index (χ2n) is 11.7. The van der Waals surface area contributed by atoms with E-state index in [4.69, 9.17) is 4.74 Å². The van der Waals surface area contributed by atoms with Gasteiger partial charge in [-0.25, -0.2) is 0 Å². The quantitative estimate of drug-likeness (QED) is 0.274. The highest BCUT2D eigenvalue weighted by molar-refractivity contribution is 5.29. The summed E-state index contributed by atoms with van der Waals surface area (Å²) in [6.07, 6.45) is 12.7. The summed E-state index contributed by atoms with van der Waals surface area (Å²) in [5, 5.41) is 0. The lowest BCUT2D eigenvalue weighted by molar-refractivity contribution is -0.272. The molecule has 202 valence electrons. The normalized spacial score (nSPS) is 25.5. The maximum Gasteiger partial charge on any atom is 0.383 e. The molecule has 0 aliphatic heterocycles. The van der Waals surface area contributed by atoms with Crippen LogP contribution in [-0.2, 0) is 10.8 Å². The largest absolute Gasteiger partial charge is 0.383 e. The highest BCUT2D eigenvalue weighted by Gasteiger charge is 2.35. The van der Waals surface area contributed by atoms with Crippen LogP contribution in [0.1, 0.15) is 131 Å². The smallest absolute Gasteiger partial charge is 0.309 e. The lowest BCUT2D eigenvalue weighted by atomic mass is 9.77. The van der Waals surface area contributed by atoms with Crippen molar-refractivity contribution in [3.63, 3.8) is 0 Å². The fourth-order valence-corrected chi connectivity index (χ4v) is 6.68. The van der Waals surface area contributed by atoms with Crippen molar-refractivity contribution in [1.29, 1.82) is 0 Å². The lowest BCUT2D eigenvalue weighted by Crippen LogP contribution is -2.21. The van der Waals surface area contributed by atoms with Gasteiger partial charge in [0.05, 0.1) is 11.7 Å². The van der Waals surface area contributed by atoms with Crippen LogP contribution in [0.25, 0.3) is 0 Å². The molecule has 0 amide bonds. The van der Waals surface area contributed by atoms with E-state index in [0.29, 0.717) is 11.8 Å². The molecular formula is C34H46F2O. The van der Waals surface area contributed by atoms with Crippen molar-refractivity contribution in [2.45, 2.75) is 115 Å². The van der Waals surface area contributed by atoms with Crippen molar-refractivity contribution < 1.29 is 13.5 Å². The van der Waals surface area contributed by atoms with Crippen LogP contribution >= 0.6 is 0 Å². The van der Waals surface area contributed by atoms with Gasteiger partial charge in [-0.2, -0.15) is 8.78 Å². The number of benzene rings is 2. The molecule has 2 aliphatic rings. The van der Waals surface area contributed by atoms with Crippen molar-refractivity contribution in [3.8, 4) is 0 Å². The summed E-state index contributed by atoms with van der Waals surface area (Å²) in [5.74, 6) is 2.73. The van der Waals surface area contributed by atoms with Gasteiger partial charge in [-0.1, -0.05) is 74.4 Å². The van der Waals surface area contributed by atoms with E-state index in [0.717, 1.165) is 36.7 Å². The SMILES string of the molecule is C=CCCC1CCC(c2ccc(C(F)(F)OC(C)c3ccc(C4CCC(CCC)CC4)cc3)cc2)CC1. The Kier molecular flexibility index (Phi) is 9.98. The molecule has 2 aromatic rings. The zero-order valence-corrected chi connectivity index (χ0v) is 22.9. The van der Waals surface area contributed by atoms with Gasteiger partial charge < -0.3 is 4.74 Å². The summed E-state index contributed by atoms with van der Waals surface area (Å²) in [7, 11) is 0. The summed E-state index contributed by atoms with van der Waals surface area (Å²) in [6, 6.07) is 15.1. The third kappa shape index (κ3) is 7.53. The summed E-state index contributed by atoms with van der Waals surface area (Å²) < 4.78 is 35.5. The summed E-state index contributed by atoms with van der Waals surface area (Å²) in [4.78, 5) is 0. The Labute approximate surface area is 223 Å². The molecule has 2 fully saturated rings. The molecule has 0 radical (unpaired) electrons. The molecule has 2 aliphatic carbocycles. The fourth-order valence-electron chi connectivity index (χ4n) is 6.68. The van der Waals surface area contributed by atoms with Gasteiger partial charge in [0.15, 0.2) is 0 Å². The number of alkyl halides is 2. The Morgan fingerprint density at radius 3 is 1.78 bits per heavy atom. The minimum absolute atomic E-state index is 0.0665. The van der Waals surface area contributed by atoms with E-state index in [-0.39, 0.29) is 5.56 Å². The molecule has 0 aromatic heterocycles. The lowest BCUT2D eigenvalue weighted by Gasteiger charge is -2.29. The Morgan fingerprint density at radius 2 is 1.30 bits per heavy atom.